The van der Waals surface area contributed by atoms with Crippen molar-refractivity contribution in [3.63, 3.8) is 0 Å². The molecule has 0 aliphatic rings. The largest absolute Gasteiger partial charge is 0.496 e. The minimum absolute atomic E-state index is 0.122. The maximum Gasteiger partial charge on any atom is 0.309 e. The van der Waals surface area contributed by atoms with E-state index in [1.54, 1.807) is 7.11 Å². The SMILES string of the molecule is CCCCC(C(=O)OCCC)[C@H](CC(=O)c1ccc(F)cc1)c1ccc(OC)c(C)c1. The Morgan fingerprint density at radius 1 is 1.03 bits per heavy atom. The van der Waals surface area contributed by atoms with Crippen molar-refractivity contribution in [3.05, 3.63) is 65.0 Å². The zero-order valence-electron chi connectivity index (χ0n) is 18.9. The van der Waals surface area contributed by atoms with Crippen molar-refractivity contribution in [1.82, 2.24) is 0 Å². The van der Waals surface area contributed by atoms with Crippen LogP contribution in [0.3, 0.4) is 0 Å². The molecule has 0 heterocycles. The number of ether oxygens (including phenoxy) is 2. The van der Waals surface area contributed by atoms with Crippen molar-refractivity contribution in [1.29, 1.82) is 0 Å². The van der Waals surface area contributed by atoms with E-state index < -0.39 is 5.92 Å². The Morgan fingerprint density at radius 3 is 2.32 bits per heavy atom. The van der Waals surface area contributed by atoms with Gasteiger partial charge in [0.25, 0.3) is 0 Å². The van der Waals surface area contributed by atoms with E-state index in [-0.39, 0.29) is 29.9 Å². The smallest absolute Gasteiger partial charge is 0.309 e. The summed E-state index contributed by atoms with van der Waals surface area (Å²) in [7, 11) is 1.61. The second kappa shape index (κ2) is 12.2. The molecule has 0 aliphatic heterocycles. The van der Waals surface area contributed by atoms with Gasteiger partial charge >= 0.3 is 5.97 Å². The third-order valence-electron chi connectivity index (χ3n) is 5.52. The Kier molecular flexibility index (Phi) is 9.70. The first-order valence-electron chi connectivity index (χ1n) is 11.0. The van der Waals surface area contributed by atoms with E-state index in [1.807, 2.05) is 32.0 Å². The minimum Gasteiger partial charge on any atom is -0.496 e. The van der Waals surface area contributed by atoms with E-state index in [1.165, 1.54) is 24.3 Å². The molecule has 31 heavy (non-hydrogen) atoms. The summed E-state index contributed by atoms with van der Waals surface area (Å²) >= 11 is 0. The van der Waals surface area contributed by atoms with Gasteiger partial charge in [0, 0.05) is 17.9 Å². The fourth-order valence-corrected chi connectivity index (χ4v) is 3.80. The van der Waals surface area contributed by atoms with E-state index in [2.05, 4.69) is 6.92 Å². The third-order valence-corrected chi connectivity index (χ3v) is 5.52. The molecule has 0 saturated heterocycles. The number of carbonyl (C=O) groups excluding carboxylic acids is 2. The van der Waals surface area contributed by atoms with Crippen LogP contribution in [0.15, 0.2) is 42.5 Å². The van der Waals surface area contributed by atoms with E-state index in [4.69, 9.17) is 9.47 Å². The lowest BCUT2D eigenvalue weighted by molar-refractivity contribution is -0.149. The summed E-state index contributed by atoms with van der Waals surface area (Å²) in [5, 5.41) is 0. The summed E-state index contributed by atoms with van der Waals surface area (Å²) in [5.74, 6) is -0.778. The summed E-state index contributed by atoms with van der Waals surface area (Å²) in [5.41, 5.74) is 2.28. The fraction of sp³-hybridized carbons (Fsp3) is 0.462. The topological polar surface area (TPSA) is 52.6 Å². The van der Waals surface area contributed by atoms with Crippen LogP contribution >= 0.6 is 0 Å². The minimum atomic E-state index is -0.427. The summed E-state index contributed by atoms with van der Waals surface area (Å²) in [6.45, 7) is 6.33. The molecule has 0 saturated carbocycles. The molecule has 0 spiro atoms. The van der Waals surface area contributed by atoms with Crippen LogP contribution < -0.4 is 4.74 Å². The van der Waals surface area contributed by atoms with E-state index >= 15 is 0 Å². The number of hydrogen-bond donors (Lipinski definition) is 0. The number of esters is 1. The van der Waals surface area contributed by atoms with Crippen molar-refractivity contribution in [2.45, 2.75) is 58.8 Å². The highest BCUT2D eigenvalue weighted by molar-refractivity contribution is 5.97. The molecule has 0 radical (unpaired) electrons. The summed E-state index contributed by atoms with van der Waals surface area (Å²) in [6.07, 6.45) is 3.34. The second-order valence-corrected chi connectivity index (χ2v) is 7.89. The molecule has 1 unspecified atom stereocenters. The van der Waals surface area contributed by atoms with Crippen molar-refractivity contribution < 1.29 is 23.5 Å². The molecule has 2 atom stereocenters. The van der Waals surface area contributed by atoms with Crippen LogP contribution in [0.25, 0.3) is 0 Å². The molecule has 2 aromatic rings. The molecule has 0 amide bonds. The zero-order valence-corrected chi connectivity index (χ0v) is 18.9. The number of Topliss-reactive ketones (excluding diaryl/α,β-unsaturated/α-hetero) is 1. The molecule has 2 aromatic carbocycles. The molecule has 0 N–H and O–H groups in total. The van der Waals surface area contributed by atoms with Gasteiger partial charge in [0.05, 0.1) is 19.6 Å². The quantitative estimate of drug-likeness (QED) is 0.296. The Bertz CT molecular complexity index is 860. The number of halogens is 1. The number of aryl methyl sites for hydroxylation is 1. The van der Waals surface area contributed by atoms with Crippen LogP contribution in [0.1, 0.15) is 73.4 Å². The van der Waals surface area contributed by atoms with Crippen LogP contribution in [-0.4, -0.2) is 25.5 Å². The summed E-state index contributed by atoms with van der Waals surface area (Å²) in [4.78, 5) is 26.0. The highest BCUT2D eigenvalue weighted by Gasteiger charge is 2.32. The molecule has 2 rings (SSSR count). The van der Waals surface area contributed by atoms with Gasteiger partial charge in [0.15, 0.2) is 5.78 Å². The lowest BCUT2D eigenvalue weighted by Gasteiger charge is -2.26. The molecular formula is C26H33FO4. The Balaban J connectivity index is 2.42. The Morgan fingerprint density at radius 2 is 1.74 bits per heavy atom. The van der Waals surface area contributed by atoms with Gasteiger partial charge in [-0.15, -0.1) is 0 Å². The molecular weight excluding hydrogens is 395 g/mol. The fourth-order valence-electron chi connectivity index (χ4n) is 3.80. The molecule has 0 aliphatic carbocycles. The average Bonchev–Trinajstić information content (AvgIpc) is 2.77. The number of ketones is 1. The van der Waals surface area contributed by atoms with Crippen LogP contribution in [0.2, 0.25) is 0 Å². The lowest BCUT2D eigenvalue weighted by Crippen LogP contribution is -2.27. The van der Waals surface area contributed by atoms with Gasteiger partial charge in [0.1, 0.15) is 11.6 Å². The maximum absolute atomic E-state index is 13.3. The van der Waals surface area contributed by atoms with Crippen molar-refractivity contribution in [3.8, 4) is 5.75 Å². The molecule has 4 nitrogen and oxygen atoms in total. The first-order valence-corrected chi connectivity index (χ1v) is 11.0. The van der Waals surface area contributed by atoms with Gasteiger partial charge < -0.3 is 9.47 Å². The molecule has 0 bridgehead atoms. The molecule has 168 valence electrons. The van der Waals surface area contributed by atoms with Gasteiger partial charge in [-0.3, -0.25) is 9.59 Å². The predicted octanol–water partition coefficient (Wildman–Crippen LogP) is 6.26. The number of hydrogen-bond acceptors (Lipinski definition) is 4. The summed E-state index contributed by atoms with van der Waals surface area (Å²) < 4.78 is 24.2. The van der Waals surface area contributed by atoms with Gasteiger partial charge in [-0.25, -0.2) is 4.39 Å². The number of unbranched alkanes of at least 4 members (excludes halogenated alkanes) is 1. The van der Waals surface area contributed by atoms with Crippen molar-refractivity contribution >= 4 is 11.8 Å². The van der Waals surface area contributed by atoms with E-state index in [9.17, 15) is 14.0 Å². The maximum atomic E-state index is 13.3. The first kappa shape index (κ1) is 24.6. The molecule has 0 fully saturated rings. The van der Waals surface area contributed by atoms with Gasteiger partial charge in [-0.05, 0) is 61.2 Å². The predicted molar refractivity (Wildman–Crippen MR) is 120 cm³/mol. The normalized spacial score (nSPS) is 12.8. The average molecular weight is 429 g/mol. The first-order chi connectivity index (χ1) is 14.9. The van der Waals surface area contributed by atoms with Crippen LogP contribution in [-0.2, 0) is 9.53 Å². The molecule has 0 aromatic heterocycles. The highest BCUT2D eigenvalue weighted by atomic mass is 19.1. The molecule has 5 heteroatoms. The third kappa shape index (κ3) is 6.91. The van der Waals surface area contributed by atoms with E-state index in [0.717, 1.165) is 36.1 Å². The number of rotatable bonds is 12. The van der Waals surface area contributed by atoms with Crippen LogP contribution in [0.5, 0.6) is 5.75 Å². The monoisotopic (exact) mass is 428 g/mol. The number of methoxy groups -OCH3 is 1. The van der Waals surface area contributed by atoms with Gasteiger partial charge in [0.2, 0.25) is 0 Å². The number of benzene rings is 2. The van der Waals surface area contributed by atoms with Crippen LogP contribution in [0.4, 0.5) is 4.39 Å². The lowest BCUT2D eigenvalue weighted by atomic mass is 9.78. The Hall–Kier alpha value is -2.69. The van der Waals surface area contributed by atoms with E-state index in [0.29, 0.717) is 18.6 Å². The number of carbonyl (C=O) groups is 2. The second-order valence-electron chi connectivity index (χ2n) is 7.89. The van der Waals surface area contributed by atoms with Crippen molar-refractivity contribution in [2.75, 3.05) is 13.7 Å². The van der Waals surface area contributed by atoms with Crippen LogP contribution in [0, 0.1) is 18.7 Å². The highest BCUT2D eigenvalue weighted by Crippen LogP contribution is 2.36. The summed E-state index contributed by atoms with van der Waals surface area (Å²) in [6, 6.07) is 11.3. The zero-order chi connectivity index (χ0) is 22.8. The standard InChI is InChI=1S/C26H33FO4/c1-5-7-8-22(26(29)31-15-6-2)23(20-11-14-25(30-4)18(3)16-20)17-24(28)19-9-12-21(27)13-10-19/h9-14,16,22-23H,5-8,15,17H2,1-4H3/t22?,23-/m1/s1. The Labute approximate surface area is 184 Å². The van der Waals surface area contributed by atoms with Gasteiger partial charge in [-0.1, -0.05) is 38.8 Å². The van der Waals surface area contributed by atoms with Crippen molar-refractivity contribution in [2.24, 2.45) is 5.92 Å². The van der Waals surface area contributed by atoms with Gasteiger partial charge in [-0.2, -0.15) is 0 Å².